The van der Waals surface area contributed by atoms with E-state index in [-0.39, 0.29) is 0 Å². The molecule has 0 saturated carbocycles. The molecular formula is C15H17ClN2. The first-order chi connectivity index (χ1) is 8.69. The topological polar surface area (TPSA) is 38.0 Å². The minimum Gasteiger partial charge on any atom is -0.399 e. The molecule has 0 atom stereocenters. The summed E-state index contributed by atoms with van der Waals surface area (Å²) in [5, 5.41) is 3.91. The molecule has 0 saturated heterocycles. The highest BCUT2D eigenvalue weighted by atomic mass is 35.5. The molecule has 3 heteroatoms. The van der Waals surface area contributed by atoms with Crippen molar-refractivity contribution in [2.45, 2.75) is 19.8 Å². The Hall–Kier alpha value is -1.67. The molecule has 0 aliphatic carbocycles. The molecule has 0 unspecified atom stereocenters. The zero-order chi connectivity index (χ0) is 13.0. The van der Waals surface area contributed by atoms with E-state index in [1.165, 1.54) is 5.56 Å². The summed E-state index contributed by atoms with van der Waals surface area (Å²) in [5.41, 5.74) is 9.58. The molecule has 2 aromatic carbocycles. The fourth-order valence-corrected chi connectivity index (χ4v) is 2.07. The molecule has 0 aliphatic heterocycles. The zero-order valence-electron chi connectivity index (χ0n) is 10.4. The van der Waals surface area contributed by atoms with Crippen LogP contribution in [0.4, 0.5) is 17.1 Å². The molecule has 0 radical (unpaired) electrons. The van der Waals surface area contributed by atoms with E-state index in [4.69, 9.17) is 17.3 Å². The summed E-state index contributed by atoms with van der Waals surface area (Å²) in [6, 6.07) is 13.9. The lowest BCUT2D eigenvalue weighted by atomic mass is 10.1. The second kappa shape index (κ2) is 5.78. The molecule has 0 fully saturated rings. The minimum atomic E-state index is 0.632. The van der Waals surface area contributed by atoms with Gasteiger partial charge in [0.05, 0.1) is 10.7 Å². The number of nitrogens with one attached hydrogen (secondary N) is 1. The number of aryl methyl sites for hydroxylation is 1. The van der Waals surface area contributed by atoms with Crippen LogP contribution in [0.15, 0.2) is 42.5 Å². The van der Waals surface area contributed by atoms with Gasteiger partial charge in [-0.3, -0.25) is 0 Å². The third-order valence-electron chi connectivity index (χ3n) is 2.76. The Labute approximate surface area is 113 Å². The quantitative estimate of drug-likeness (QED) is 0.788. The predicted octanol–water partition coefficient (Wildman–Crippen LogP) is 4.62. The number of nitrogens with two attached hydrogens (primary N) is 1. The molecule has 3 N–H and O–H groups in total. The van der Waals surface area contributed by atoms with Crippen molar-refractivity contribution in [3.8, 4) is 0 Å². The third kappa shape index (κ3) is 3.17. The summed E-state index contributed by atoms with van der Waals surface area (Å²) >= 11 is 6.12. The standard InChI is InChI=1S/C15H17ClN2/c1-2-3-11-4-7-13(8-5-11)18-15-9-6-12(17)10-14(15)16/h4-10,18H,2-3,17H2,1H3. The highest BCUT2D eigenvalue weighted by Gasteiger charge is 2.01. The molecule has 0 aromatic heterocycles. The Balaban J connectivity index is 2.13. The Kier molecular flexibility index (Phi) is 4.11. The van der Waals surface area contributed by atoms with Crippen molar-refractivity contribution in [2.24, 2.45) is 0 Å². The van der Waals surface area contributed by atoms with Crippen LogP contribution in [-0.2, 0) is 6.42 Å². The Morgan fingerprint density at radius 1 is 1.11 bits per heavy atom. The summed E-state index contributed by atoms with van der Waals surface area (Å²) in [7, 11) is 0. The van der Waals surface area contributed by atoms with Gasteiger partial charge in [-0.25, -0.2) is 0 Å². The van der Waals surface area contributed by atoms with Gasteiger partial charge >= 0.3 is 0 Å². The second-order valence-electron chi connectivity index (χ2n) is 4.31. The molecule has 2 rings (SSSR count). The number of hydrogen-bond acceptors (Lipinski definition) is 2. The van der Waals surface area contributed by atoms with E-state index in [0.29, 0.717) is 10.7 Å². The Morgan fingerprint density at radius 3 is 2.44 bits per heavy atom. The normalized spacial score (nSPS) is 10.3. The summed E-state index contributed by atoms with van der Waals surface area (Å²) in [4.78, 5) is 0. The molecule has 94 valence electrons. The van der Waals surface area contributed by atoms with E-state index in [0.717, 1.165) is 24.2 Å². The van der Waals surface area contributed by atoms with Crippen LogP contribution < -0.4 is 11.1 Å². The van der Waals surface area contributed by atoms with Gasteiger partial charge in [-0.15, -0.1) is 0 Å². The van der Waals surface area contributed by atoms with Crippen molar-refractivity contribution < 1.29 is 0 Å². The molecule has 18 heavy (non-hydrogen) atoms. The maximum atomic E-state index is 6.12. The van der Waals surface area contributed by atoms with Crippen LogP contribution in [0.3, 0.4) is 0 Å². The molecule has 2 nitrogen and oxygen atoms in total. The van der Waals surface area contributed by atoms with Crippen molar-refractivity contribution in [3.05, 3.63) is 53.1 Å². The molecule has 0 amide bonds. The van der Waals surface area contributed by atoms with Crippen LogP contribution in [0.1, 0.15) is 18.9 Å². The highest BCUT2D eigenvalue weighted by molar-refractivity contribution is 6.33. The van der Waals surface area contributed by atoms with E-state index in [1.54, 1.807) is 6.07 Å². The van der Waals surface area contributed by atoms with E-state index < -0.39 is 0 Å². The Morgan fingerprint density at radius 2 is 1.83 bits per heavy atom. The fraction of sp³-hybridized carbons (Fsp3) is 0.200. The van der Waals surface area contributed by atoms with Gasteiger partial charge in [-0.1, -0.05) is 37.1 Å². The summed E-state index contributed by atoms with van der Waals surface area (Å²) < 4.78 is 0. The maximum Gasteiger partial charge on any atom is 0.0661 e. The van der Waals surface area contributed by atoms with Gasteiger partial charge < -0.3 is 11.1 Å². The summed E-state index contributed by atoms with van der Waals surface area (Å²) in [6.07, 6.45) is 2.28. The van der Waals surface area contributed by atoms with Crippen LogP contribution >= 0.6 is 11.6 Å². The first kappa shape index (κ1) is 12.8. The number of hydrogen-bond donors (Lipinski definition) is 2. The van der Waals surface area contributed by atoms with E-state index in [1.807, 2.05) is 12.1 Å². The molecule has 0 spiro atoms. The van der Waals surface area contributed by atoms with Crippen LogP contribution in [-0.4, -0.2) is 0 Å². The first-order valence-electron chi connectivity index (χ1n) is 6.10. The summed E-state index contributed by atoms with van der Waals surface area (Å²) in [5.74, 6) is 0. The first-order valence-corrected chi connectivity index (χ1v) is 6.48. The van der Waals surface area contributed by atoms with Gasteiger partial charge in [-0.05, 0) is 42.3 Å². The molecule has 2 aromatic rings. The van der Waals surface area contributed by atoms with Crippen molar-refractivity contribution in [1.29, 1.82) is 0 Å². The van der Waals surface area contributed by atoms with Gasteiger partial charge in [0.15, 0.2) is 0 Å². The maximum absolute atomic E-state index is 6.12. The van der Waals surface area contributed by atoms with Crippen molar-refractivity contribution in [2.75, 3.05) is 11.1 Å². The number of halogens is 1. The van der Waals surface area contributed by atoms with Crippen molar-refractivity contribution in [1.82, 2.24) is 0 Å². The lowest BCUT2D eigenvalue weighted by molar-refractivity contribution is 0.922. The third-order valence-corrected chi connectivity index (χ3v) is 3.08. The second-order valence-corrected chi connectivity index (χ2v) is 4.72. The highest BCUT2D eigenvalue weighted by Crippen LogP contribution is 2.27. The van der Waals surface area contributed by atoms with E-state index >= 15 is 0 Å². The fourth-order valence-electron chi connectivity index (χ4n) is 1.83. The van der Waals surface area contributed by atoms with E-state index in [9.17, 15) is 0 Å². The SMILES string of the molecule is CCCc1ccc(Nc2ccc(N)cc2Cl)cc1. The predicted molar refractivity (Wildman–Crippen MR) is 79.6 cm³/mol. The van der Waals surface area contributed by atoms with Crippen molar-refractivity contribution >= 4 is 28.7 Å². The molecule has 0 heterocycles. The molecule has 0 bridgehead atoms. The average Bonchev–Trinajstić information content (AvgIpc) is 2.35. The number of anilines is 3. The van der Waals surface area contributed by atoms with Crippen LogP contribution in [0, 0.1) is 0 Å². The number of nitrogen functional groups attached to an aromatic ring is 1. The molecular weight excluding hydrogens is 244 g/mol. The van der Waals surface area contributed by atoms with Gasteiger partial charge in [0.2, 0.25) is 0 Å². The lowest BCUT2D eigenvalue weighted by Crippen LogP contribution is -1.93. The zero-order valence-corrected chi connectivity index (χ0v) is 11.2. The van der Waals surface area contributed by atoms with Gasteiger partial charge in [0.1, 0.15) is 0 Å². The van der Waals surface area contributed by atoms with Gasteiger partial charge in [0.25, 0.3) is 0 Å². The lowest BCUT2D eigenvalue weighted by Gasteiger charge is -2.09. The van der Waals surface area contributed by atoms with Gasteiger partial charge in [0, 0.05) is 11.4 Å². The smallest absolute Gasteiger partial charge is 0.0661 e. The molecule has 0 aliphatic rings. The number of benzene rings is 2. The van der Waals surface area contributed by atoms with Crippen LogP contribution in [0.5, 0.6) is 0 Å². The summed E-state index contributed by atoms with van der Waals surface area (Å²) in [6.45, 7) is 2.18. The number of rotatable bonds is 4. The van der Waals surface area contributed by atoms with Gasteiger partial charge in [-0.2, -0.15) is 0 Å². The van der Waals surface area contributed by atoms with Crippen LogP contribution in [0.2, 0.25) is 5.02 Å². The minimum absolute atomic E-state index is 0.632. The Bertz CT molecular complexity index is 521. The van der Waals surface area contributed by atoms with E-state index in [2.05, 4.69) is 36.5 Å². The van der Waals surface area contributed by atoms with Crippen LogP contribution in [0.25, 0.3) is 0 Å². The largest absolute Gasteiger partial charge is 0.399 e. The van der Waals surface area contributed by atoms with Crippen molar-refractivity contribution in [3.63, 3.8) is 0 Å². The average molecular weight is 261 g/mol. The monoisotopic (exact) mass is 260 g/mol.